The van der Waals surface area contributed by atoms with Crippen LogP contribution in [0.5, 0.6) is 0 Å². The van der Waals surface area contributed by atoms with Gasteiger partial charge in [-0.1, -0.05) is 76.7 Å². The molecule has 1 aromatic carbocycles. The lowest BCUT2D eigenvalue weighted by atomic mass is 9.81. The molecule has 0 N–H and O–H groups in total. The predicted octanol–water partition coefficient (Wildman–Crippen LogP) is 4.87. The molecule has 6 aliphatic carbocycles. The van der Waals surface area contributed by atoms with Gasteiger partial charge in [0.1, 0.15) is 0 Å². The number of halogens is 1. The topological polar surface area (TPSA) is 0 Å². The standard InChI is InChI=1S/C26H15Br/c27-24-11-10-18-23-13-21-16-7-2-5-14-4-1-6-15(25(14)16)20(21)12-22(23)17-8-3-9-19(24)26(17)18/h1-13,25-26H. The molecular weight excluding hydrogens is 392 g/mol. The van der Waals surface area contributed by atoms with Crippen LogP contribution in [-0.4, -0.2) is 0 Å². The van der Waals surface area contributed by atoms with Crippen molar-refractivity contribution < 1.29 is 0 Å². The van der Waals surface area contributed by atoms with E-state index in [1.54, 1.807) is 0 Å². The van der Waals surface area contributed by atoms with Crippen LogP contribution in [0.4, 0.5) is 0 Å². The molecule has 1 heteroatoms. The molecule has 0 aliphatic heterocycles. The second-order valence-electron chi connectivity index (χ2n) is 7.84. The normalized spacial score (nSPS) is 27.2. The van der Waals surface area contributed by atoms with Gasteiger partial charge >= 0.3 is 0 Å². The van der Waals surface area contributed by atoms with Crippen LogP contribution < -0.4 is 10.4 Å². The third-order valence-electron chi connectivity index (χ3n) is 6.66. The van der Waals surface area contributed by atoms with Crippen LogP contribution in [-0.2, 0) is 0 Å². The molecule has 0 saturated carbocycles. The van der Waals surface area contributed by atoms with Crippen LogP contribution in [0.1, 0.15) is 11.1 Å². The number of benzene rings is 1. The fraction of sp³-hybridized carbons (Fsp3) is 0.0769. The summed E-state index contributed by atoms with van der Waals surface area (Å²) in [6.45, 7) is 0. The fourth-order valence-electron chi connectivity index (χ4n) is 5.55. The van der Waals surface area contributed by atoms with Gasteiger partial charge < -0.3 is 0 Å². The van der Waals surface area contributed by atoms with Gasteiger partial charge in [-0.2, -0.15) is 0 Å². The Kier molecular flexibility index (Phi) is 2.56. The van der Waals surface area contributed by atoms with Crippen molar-refractivity contribution in [2.24, 2.45) is 11.8 Å². The third kappa shape index (κ3) is 1.65. The van der Waals surface area contributed by atoms with Crippen LogP contribution in [0.3, 0.4) is 0 Å². The number of hydrogen-bond acceptors (Lipinski definition) is 0. The Morgan fingerprint density at radius 3 is 2.04 bits per heavy atom. The Bertz CT molecular complexity index is 1360. The van der Waals surface area contributed by atoms with Crippen LogP contribution in [0.15, 0.2) is 94.6 Å². The van der Waals surface area contributed by atoms with E-state index in [4.69, 9.17) is 0 Å². The van der Waals surface area contributed by atoms with Crippen LogP contribution in [0.2, 0.25) is 0 Å². The van der Waals surface area contributed by atoms with Crippen molar-refractivity contribution in [1.82, 2.24) is 0 Å². The minimum Gasteiger partial charge on any atom is -0.0616 e. The first kappa shape index (κ1) is 14.4. The molecule has 6 aliphatic rings. The van der Waals surface area contributed by atoms with Gasteiger partial charge in [0, 0.05) is 16.3 Å². The SMILES string of the molecule is BrC1=CC=C2c3cc4c(cc3=C3C=CC=C1C23)C1=CC=CC2=CC=CC=4C21. The Morgan fingerprint density at radius 1 is 0.593 bits per heavy atom. The maximum atomic E-state index is 3.76. The van der Waals surface area contributed by atoms with Crippen molar-refractivity contribution in [3.8, 4) is 0 Å². The third-order valence-corrected chi connectivity index (χ3v) is 7.38. The zero-order chi connectivity index (χ0) is 17.7. The van der Waals surface area contributed by atoms with Crippen molar-refractivity contribution in [2.45, 2.75) is 0 Å². The van der Waals surface area contributed by atoms with Gasteiger partial charge in [-0.15, -0.1) is 0 Å². The van der Waals surface area contributed by atoms with Crippen LogP contribution in [0, 0.1) is 11.8 Å². The number of rotatable bonds is 0. The molecule has 7 rings (SSSR count). The molecule has 0 nitrogen and oxygen atoms in total. The summed E-state index contributed by atoms with van der Waals surface area (Å²) in [5.41, 5.74) is 11.4. The number of fused-ring (bicyclic) bond motifs is 4. The van der Waals surface area contributed by atoms with Gasteiger partial charge in [0.15, 0.2) is 0 Å². The molecule has 0 spiro atoms. The van der Waals surface area contributed by atoms with Crippen molar-refractivity contribution in [3.63, 3.8) is 0 Å². The summed E-state index contributed by atoms with van der Waals surface area (Å²) in [5, 5.41) is 2.82. The van der Waals surface area contributed by atoms with E-state index >= 15 is 0 Å². The maximum absolute atomic E-state index is 3.76. The number of allylic oxidation sites excluding steroid dienone is 16. The molecule has 0 saturated heterocycles. The number of hydrogen-bond donors (Lipinski definition) is 0. The Balaban J connectivity index is 1.60. The Labute approximate surface area is 166 Å². The monoisotopic (exact) mass is 406 g/mol. The molecule has 0 heterocycles. The van der Waals surface area contributed by atoms with E-state index in [9.17, 15) is 0 Å². The fourth-order valence-corrected chi connectivity index (χ4v) is 6.05. The molecular formula is C26H15Br. The molecule has 2 atom stereocenters. The van der Waals surface area contributed by atoms with Gasteiger partial charge in [-0.25, -0.2) is 0 Å². The maximum Gasteiger partial charge on any atom is 0.0363 e. The van der Waals surface area contributed by atoms with Gasteiger partial charge in [0.05, 0.1) is 0 Å². The first-order valence-corrected chi connectivity index (χ1v) is 10.3. The van der Waals surface area contributed by atoms with Crippen molar-refractivity contribution >= 4 is 38.2 Å². The first-order chi connectivity index (χ1) is 13.3. The summed E-state index contributed by atoms with van der Waals surface area (Å²) in [6, 6.07) is 4.92. The van der Waals surface area contributed by atoms with E-state index in [0.717, 1.165) is 0 Å². The molecule has 126 valence electrons. The van der Waals surface area contributed by atoms with Crippen molar-refractivity contribution in [2.75, 3.05) is 0 Å². The van der Waals surface area contributed by atoms with E-state index < -0.39 is 0 Å². The zero-order valence-corrected chi connectivity index (χ0v) is 16.1. The largest absolute Gasteiger partial charge is 0.0616 e. The van der Waals surface area contributed by atoms with E-state index in [0.29, 0.717) is 11.8 Å². The van der Waals surface area contributed by atoms with E-state index in [1.165, 1.54) is 59.5 Å². The molecule has 0 fully saturated rings. The average molecular weight is 407 g/mol. The first-order valence-electron chi connectivity index (χ1n) is 9.47. The highest BCUT2D eigenvalue weighted by Crippen LogP contribution is 2.49. The zero-order valence-electron chi connectivity index (χ0n) is 14.5. The molecule has 1 aromatic rings. The highest BCUT2D eigenvalue weighted by atomic mass is 79.9. The van der Waals surface area contributed by atoms with Gasteiger partial charge in [0.25, 0.3) is 0 Å². The highest BCUT2D eigenvalue weighted by molar-refractivity contribution is 9.12. The summed E-state index contributed by atoms with van der Waals surface area (Å²) in [6.07, 6.45) is 24.8. The molecule has 2 unspecified atom stereocenters. The molecule has 0 amide bonds. The second-order valence-corrected chi connectivity index (χ2v) is 8.70. The predicted molar refractivity (Wildman–Crippen MR) is 116 cm³/mol. The minimum absolute atomic E-state index is 0.380. The summed E-state index contributed by atoms with van der Waals surface area (Å²) in [7, 11) is 0. The van der Waals surface area contributed by atoms with Crippen molar-refractivity contribution in [1.29, 1.82) is 0 Å². The molecule has 0 bridgehead atoms. The average Bonchev–Trinajstić information content (AvgIpc) is 3.20. The van der Waals surface area contributed by atoms with E-state index in [2.05, 4.69) is 94.9 Å². The van der Waals surface area contributed by atoms with E-state index in [-0.39, 0.29) is 0 Å². The second kappa shape index (κ2) is 4.79. The van der Waals surface area contributed by atoms with Gasteiger partial charge in [-0.3, -0.25) is 0 Å². The smallest absolute Gasteiger partial charge is 0.0363 e. The molecule has 27 heavy (non-hydrogen) atoms. The van der Waals surface area contributed by atoms with Crippen LogP contribution in [0.25, 0.3) is 22.3 Å². The quantitative estimate of drug-likeness (QED) is 0.576. The Hall–Kier alpha value is -2.64. The highest BCUT2D eigenvalue weighted by Gasteiger charge is 2.37. The summed E-state index contributed by atoms with van der Waals surface area (Å²) in [4.78, 5) is 0. The van der Waals surface area contributed by atoms with Gasteiger partial charge in [-0.05, 0) is 73.2 Å². The Morgan fingerprint density at radius 2 is 1.22 bits per heavy atom. The molecule has 0 aromatic heterocycles. The summed E-state index contributed by atoms with van der Waals surface area (Å²) >= 11 is 3.76. The summed E-state index contributed by atoms with van der Waals surface area (Å²) < 4.78 is 1.21. The van der Waals surface area contributed by atoms with Gasteiger partial charge in [0.2, 0.25) is 0 Å². The lowest BCUT2D eigenvalue weighted by molar-refractivity contribution is 1.05. The summed E-state index contributed by atoms with van der Waals surface area (Å²) in [5.74, 6) is 0.801. The molecule has 0 radical (unpaired) electrons. The van der Waals surface area contributed by atoms with Crippen molar-refractivity contribution in [3.05, 3.63) is 116 Å². The van der Waals surface area contributed by atoms with E-state index in [1.807, 2.05) is 0 Å². The van der Waals surface area contributed by atoms with Crippen LogP contribution >= 0.6 is 15.9 Å². The minimum atomic E-state index is 0.380. The lowest BCUT2D eigenvalue weighted by Gasteiger charge is -2.25. The lowest BCUT2D eigenvalue weighted by Crippen LogP contribution is -2.16.